The Morgan fingerprint density at radius 1 is 1.12 bits per heavy atom. The Hall–Kier alpha value is -0.120. The zero-order valence-corrected chi connectivity index (χ0v) is 11.7. The summed E-state index contributed by atoms with van der Waals surface area (Å²) in [6, 6.07) is 0.825. The summed E-state index contributed by atoms with van der Waals surface area (Å²) in [4.78, 5) is 4.68. The number of nitrogens with one attached hydrogen (secondary N) is 1. The summed E-state index contributed by atoms with van der Waals surface area (Å²) in [6.45, 7) is 9.32. The van der Waals surface area contributed by atoms with Gasteiger partial charge in [-0.2, -0.15) is 0 Å². The minimum absolute atomic E-state index is 0.379. The van der Waals surface area contributed by atoms with E-state index in [4.69, 9.17) is 0 Å². The minimum atomic E-state index is 0.379. The first-order valence-electron chi connectivity index (χ1n) is 6.46. The molecule has 1 N–H and O–H groups in total. The second kappa shape index (κ2) is 5.99. The van der Waals surface area contributed by atoms with E-state index in [9.17, 15) is 0 Å². The molecule has 0 spiro atoms. The van der Waals surface area contributed by atoms with Gasteiger partial charge in [0.2, 0.25) is 0 Å². The molecular formula is C13H29N3. The lowest BCUT2D eigenvalue weighted by atomic mass is 9.92. The molecule has 0 aliphatic heterocycles. The van der Waals surface area contributed by atoms with E-state index in [1.807, 2.05) is 0 Å². The molecular weight excluding hydrogens is 198 g/mol. The molecule has 0 radical (unpaired) electrons. The van der Waals surface area contributed by atoms with Crippen molar-refractivity contribution in [2.24, 2.45) is 5.41 Å². The van der Waals surface area contributed by atoms with E-state index in [1.54, 1.807) is 0 Å². The molecule has 16 heavy (non-hydrogen) atoms. The van der Waals surface area contributed by atoms with Crippen LogP contribution in [0.3, 0.4) is 0 Å². The van der Waals surface area contributed by atoms with Gasteiger partial charge in [0, 0.05) is 32.2 Å². The first kappa shape index (κ1) is 13.9. The molecule has 0 atom stereocenters. The van der Waals surface area contributed by atoms with Gasteiger partial charge < -0.3 is 15.1 Å². The molecule has 0 aromatic rings. The summed E-state index contributed by atoms with van der Waals surface area (Å²) in [5, 5.41) is 3.63. The molecule has 3 nitrogen and oxygen atoms in total. The average Bonchev–Trinajstić information content (AvgIpc) is 2.94. The summed E-state index contributed by atoms with van der Waals surface area (Å²) in [5.74, 6) is 0. The van der Waals surface area contributed by atoms with Gasteiger partial charge in [-0.15, -0.1) is 0 Å². The van der Waals surface area contributed by atoms with Crippen molar-refractivity contribution in [2.75, 3.05) is 47.3 Å². The lowest BCUT2D eigenvalue weighted by molar-refractivity contribution is 0.190. The summed E-state index contributed by atoms with van der Waals surface area (Å²) in [5.41, 5.74) is 0.379. The number of rotatable bonds is 8. The van der Waals surface area contributed by atoms with E-state index in [0.29, 0.717) is 5.41 Å². The third-order valence-electron chi connectivity index (χ3n) is 3.07. The van der Waals surface area contributed by atoms with Gasteiger partial charge in [0.15, 0.2) is 0 Å². The van der Waals surface area contributed by atoms with Crippen molar-refractivity contribution >= 4 is 0 Å². The fraction of sp³-hybridized carbons (Fsp3) is 1.00. The molecule has 1 aliphatic carbocycles. The maximum Gasteiger partial charge on any atom is 0.0106 e. The molecule has 0 bridgehead atoms. The van der Waals surface area contributed by atoms with E-state index >= 15 is 0 Å². The highest BCUT2D eigenvalue weighted by Crippen LogP contribution is 2.22. The Morgan fingerprint density at radius 3 is 2.25 bits per heavy atom. The molecule has 1 fully saturated rings. The van der Waals surface area contributed by atoms with Gasteiger partial charge >= 0.3 is 0 Å². The number of hydrogen-bond donors (Lipinski definition) is 1. The van der Waals surface area contributed by atoms with Gasteiger partial charge in [-0.1, -0.05) is 13.8 Å². The first-order valence-corrected chi connectivity index (χ1v) is 6.46. The molecule has 96 valence electrons. The predicted octanol–water partition coefficient (Wildman–Crippen LogP) is 1.26. The molecule has 0 saturated heterocycles. The lowest BCUT2D eigenvalue weighted by Crippen LogP contribution is -2.41. The Balaban J connectivity index is 2.15. The quantitative estimate of drug-likeness (QED) is 0.673. The number of nitrogens with zero attached hydrogens (tertiary/aromatic N) is 2. The van der Waals surface area contributed by atoms with Gasteiger partial charge in [-0.3, -0.25) is 0 Å². The van der Waals surface area contributed by atoms with Crippen molar-refractivity contribution in [2.45, 2.75) is 32.7 Å². The fourth-order valence-corrected chi connectivity index (χ4v) is 1.94. The van der Waals surface area contributed by atoms with Crippen molar-refractivity contribution in [3.63, 3.8) is 0 Å². The highest BCUT2D eigenvalue weighted by atomic mass is 15.2. The third kappa shape index (κ3) is 6.46. The summed E-state index contributed by atoms with van der Waals surface area (Å²) in [7, 11) is 6.49. The van der Waals surface area contributed by atoms with Crippen molar-refractivity contribution in [1.82, 2.24) is 15.1 Å². The molecule has 0 aromatic carbocycles. The first-order chi connectivity index (χ1) is 7.39. The molecule has 3 heteroatoms. The van der Waals surface area contributed by atoms with Gasteiger partial charge in [-0.05, 0) is 39.4 Å². The second-order valence-electron chi connectivity index (χ2n) is 6.36. The molecule has 0 aromatic heterocycles. The van der Waals surface area contributed by atoms with E-state index in [0.717, 1.165) is 25.7 Å². The zero-order valence-electron chi connectivity index (χ0n) is 11.7. The van der Waals surface area contributed by atoms with Crippen LogP contribution in [0.2, 0.25) is 0 Å². The largest absolute Gasteiger partial charge is 0.313 e. The summed E-state index contributed by atoms with van der Waals surface area (Å²) in [6.07, 6.45) is 2.76. The van der Waals surface area contributed by atoms with Gasteiger partial charge in [0.05, 0.1) is 0 Å². The van der Waals surface area contributed by atoms with Crippen molar-refractivity contribution in [3.05, 3.63) is 0 Å². The van der Waals surface area contributed by atoms with Crippen LogP contribution in [0.1, 0.15) is 26.7 Å². The van der Waals surface area contributed by atoms with E-state index in [-0.39, 0.29) is 0 Å². The van der Waals surface area contributed by atoms with Crippen LogP contribution in [-0.4, -0.2) is 63.2 Å². The van der Waals surface area contributed by atoms with Crippen molar-refractivity contribution in [3.8, 4) is 0 Å². The highest BCUT2D eigenvalue weighted by molar-refractivity contribution is 4.85. The smallest absolute Gasteiger partial charge is 0.0106 e. The Kier molecular flexibility index (Phi) is 5.22. The van der Waals surface area contributed by atoms with Crippen LogP contribution in [0.5, 0.6) is 0 Å². The van der Waals surface area contributed by atoms with Crippen LogP contribution in [0, 0.1) is 5.41 Å². The van der Waals surface area contributed by atoms with Gasteiger partial charge in [0.1, 0.15) is 0 Å². The molecule has 0 unspecified atom stereocenters. The standard InChI is InChI=1S/C13H29N3/c1-13(2,10-14-12-6-7-12)11-16(5)9-8-15(3)4/h12,14H,6-11H2,1-5H3. The number of hydrogen-bond acceptors (Lipinski definition) is 3. The molecule has 0 heterocycles. The Labute approximate surface area is 101 Å². The molecule has 1 aliphatic rings. The predicted molar refractivity (Wildman–Crippen MR) is 70.9 cm³/mol. The second-order valence-corrected chi connectivity index (χ2v) is 6.36. The van der Waals surface area contributed by atoms with Crippen LogP contribution in [0.25, 0.3) is 0 Å². The average molecular weight is 227 g/mol. The summed E-state index contributed by atoms with van der Waals surface area (Å²) < 4.78 is 0. The van der Waals surface area contributed by atoms with Crippen molar-refractivity contribution in [1.29, 1.82) is 0 Å². The van der Waals surface area contributed by atoms with Crippen LogP contribution in [0.4, 0.5) is 0 Å². The number of likely N-dealkylation sites (N-methyl/N-ethyl adjacent to an activating group) is 2. The van der Waals surface area contributed by atoms with Gasteiger partial charge in [0.25, 0.3) is 0 Å². The van der Waals surface area contributed by atoms with E-state index in [1.165, 1.54) is 19.4 Å². The maximum atomic E-state index is 3.63. The Bertz CT molecular complexity index is 197. The van der Waals surface area contributed by atoms with Crippen LogP contribution >= 0.6 is 0 Å². The van der Waals surface area contributed by atoms with Crippen LogP contribution in [0.15, 0.2) is 0 Å². The van der Waals surface area contributed by atoms with E-state index < -0.39 is 0 Å². The highest BCUT2D eigenvalue weighted by Gasteiger charge is 2.25. The monoisotopic (exact) mass is 227 g/mol. The fourth-order valence-electron chi connectivity index (χ4n) is 1.94. The third-order valence-corrected chi connectivity index (χ3v) is 3.07. The van der Waals surface area contributed by atoms with Crippen LogP contribution < -0.4 is 5.32 Å². The minimum Gasteiger partial charge on any atom is -0.313 e. The lowest BCUT2D eigenvalue weighted by Gasteiger charge is -2.31. The maximum absolute atomic E-state index is 3.63. The summed E-state index contributed by atoms with van der Waals surface area (Å²) >= 11 is 0. The zero-order chi connectivity index (χ0) is 12.2. The normalized spacial score (nSPS) is 17.4. The molecule has 1 saturated carbocycles. The van der Waals surface area contributed by atoms with Crippen molar-refractivity contribution < 1.29 is 0 Å². The SMILES string of the molecule is CN(C)CCN(C)CC(C)(C)CNC1CC1. The molecule has 0 amide bonds. The Morgan fingerprint density at radius 2 is 1.75 bits per heavy atom. The molecule has 1 rings (SSSR count). The van der Waals surface area contributed by atoms with Gasteiger partial charge in [-0.25, -0.2) is 0 Å². The topological polar surface area (TPSA) is 18.5 Å². The van der Waals surface area contributed by atoms with Crippen LogP contribution in [-0.2, 0) is 0 Å². The van der Waals surface area contributed by atoms with E-state index in [2.05, 4.69) is 50.1 Å².